The van der Waals surface area contributed by atoms with E-state index in [1.54, 1.807) is 11.0 Å². The molecule has 2 aromatic rings. The van der Waals surface area contributed by atoms with Crippen LogP contribution in [-0.4, -0.2) is 77.2 Å². The molecule has 1 spiro atoms. The summed E-state index contributed by atoms with van der Waals surface area (Å²) in [5.41, 5.74) is 1.77. The Balaban J connectivity index is 1.51. The molecule has 0 aliphatic carbocycles. The van der Waals surface area contributed by atoms with E-state index in [-0.39, 0.29) is 38.0 Å². The number of aryl methyl sites for hydroxylation is 2. The van der Waals surface area contributed by atoms with Crippen LogP contribution in [0.5, 0.6) is 0 Å². The normalized spacial score (nSPS) is 30.8. The first-order valence-electron chi connectivity index (χ1n) is 17.1. The molecule has 0 saturated carbocycles. The van der Waals surface area contributed by atoms with Crippen LogP contribution in [0.15, 0.2) is 71.2 Å². The Morgan fingerprint density at radius 3 is 2.53 bits per heavy atom. The minimum atomic E-state index is -1.47. The lowest BCUT2D eigenvalue weighted by Crippen LogP contribution is -2.59. The van der Waals surface area contributed by atoms with E-state index in [0.29, 0.717) is 23.0 Å². The van der Waals surface area contributed by atoms with Crippen molar-refractivity contribution in [1.82, 2.24) is 10.2 Å². The summed E-state index contributed by atoms with van der Waals surface area (Å²) in [4.78, 5) is 60.5. The predicted octanol–water partition coefficient (Wildman–Crippen LogP) is 4.67. The summed E-state index contributed by atoms with van der Waals surface area (Å²) in [5, 5.41) is 13.8. The Bertz CT molecular complexity index is 1680. The van der Waals surface area contributed by atoms with Gasteiger partial charge in [0.2, 0.25) is 11.8 Å². The molecule has 2 N–H and O–H groups in total. The summed E-state index contributed by atoms with van der Waals surface area (Å²) in [6.45, 7) is 7.52. The number of fused-ring (bicyclic) bond motifs is 2. The van der Waals surface area contributed by atoms with Gasteiger partial charge in [-0.3, -0.25) is 19.2 Å². The van der Waals surface area contributed by atoms with Gasteiger partial charge in [-0.05, 0) is 55.0 Å². The van der Waals surface area contributed by atoms with Crippen molar-refractivity contribution >= 4 is 45.3 Å². The molecule has 4 aliphatic heterocycles. The number of carbonyl (C=O) groups is 4. The maximum atomic E-state index is 15.3. The Morgan fingerprint density at radius 1 is 1.06 bits per heavy atom. The molecule has 8 atom stereocenters. The second-order valence-corrected chi connectivity index (χ2v) is 14.5. The van der Waals surface area contributed by atoms with Crippen LogP contribution in [0.25, 0.3) is 0 Å². The molecular formula is C38H44BrN3O7. The molecule has 260 valence electrons. The highest BCUT2D eigenvalue weighted by molar-refractivity contribution is 9.11. The number of nitrogens with zero attached hydrogens (tertiary/aromatic N) is 2. The highest BCUT2D eigenvalue weighted by atomic mass is 79.9. The van der Waals surface area contributed by atoms with Gasteiger partial charge >= 0.3 is 5.97 Å². The van der Waals surface area contributed by atoms with Crippen molar-refractivity contribution in [1.29, 1.82) is 0 Å². The van der Waals surface area contributed by atoms with Crippen LogP contribution >= 0.6 is 15.9 Å². The van der Waals surface area contributed by atoms with E-state index in [4.69, 9.17) is 9.47 Å². The smallest absolute Gasteiger partial charge is 0.306 e. The summed E-state index contributed by atoms with van der Waals surface area (Å²) < 4.78 is 13.0. The number of aliphatic hydroxyl groups excluding tert-OH is 1. The van der Waals surface area contributed by atoms with Gasteiger partial charge in [-0.25, -0.2) is 0 Å². The number of aliphatic hydroxyl groups is 1. The fourth-order valence-electron chi connectivity index (χ4n) is 7.79. The van der Waals surface area contributed by atoms with Gasteiger partial charge in [0.15, 0.2) is 0 Å². The number of hydrogen-bond donors (Lipinski definition) is 2. The van der Waals surface area contributed by atoms with Crippen molar-refractivity contribution in [2.45, 2.75) is 76.8 Å². The third kappa shape index (κ3) is 6.25. The van der Waals surface area contributed by atoms with E-state index >= 15 is 4.79 Å². The SMILES string of the molecule is CC[C@H](C)[C@H](CO)N1C(=O)[C@@H]2[C@H]3C(=O)N[C@@H](c4ccccc4)COC(=O)CC/C=C\CN(c4cc(C)ccc4C)C(=O)[C@@H]1[C@]21C=C(Br)[C@H]3O1. The molecule has 6 rings (SSSR count). The lowest BCUT2D eigenvalue weighted by atomic mass is 9.74. The number of carbonyl (C=O) groups excluding carboxylic acids is 4. The van der Waals surface area contributed by atoms with Crippen molar-refractivity contribution in [3.63, 3.8) is 0 Å². The molecule has 0 aromatic heterocycles. The van der Waals surface area contributed by atoms with Crippen LogP contribution in [0.4, 0.5) is 5.69 Å². The number of ether oxygens (including phenoxy) is 2. The molecule has 49 heavy (non-hydrogen) atoms. The van der Waals surface area contributed by atoms with Crippen molar-refractivity contribution in [3.05, 3.63) is 87.9 Å². The number of rotatable bonds is 6. The van der Waals surface area contributed by atoms with E-state index in [0.717, 1.165) is 16.7 Å². The highest BCUT2D eigenvalue weighted by Gasteiger charge is 2.75. The van der Waals surface area contributed by atoms with Gasteiger partial charge in [-0.15, -0.1) is 0 Å². The van der Waals surface area contributed by atoms with Gasteiger partial charge in [0.1, 0.15) is 24.4 Å². The Hall–Kier alpha value is -3.80. The second-order valence-electron chi connectivity index (χ2n) is 13.6. The molecule has 5 bridgehead atoms. The van der Waals surface area contributed by atoms with Crippen LogP contribution in [0.1, 0.15) is 55.8 Å². The number of amides is 3. The van der Waals surface area contributed by atoms with Crippen molar-refractivity contribution in [3.8, 4) is 0 Å². The lowest BCUT2D eigenvalue weighted by Gasteiger charge is -2.40. The van der Waals surface area contributed by atoms with E-state index in [9.17, 15) is 19.5 Å². The molecule has 0 radical (unpaired) electrons. The Kier molecular flexibility index (Phi) is 10.2. The average molecular weight is 735 g/mol. The molecular weight excluding hydrogens is 690 g/mol. The topological polar surface area (TPSA) is 125 Å². The van der Waals surface area contributed by atoms with Crippen molar-refractivity contribution in [2.75, 3.05) is 24.7 Å². The van der Waals surface area contributed by atoms with Gasteiger partial charge in [0.25, 0.3) is 5.91 Å². The number of allylic oxidation sites excluding steroid dienone is 1. The molecule has 3 amide bonds. The number of likely N-dealkylation sites (tertiary alicyclic amines) is 1. The summed E-state index contributed by atoms with van der Waals surface area (Å²) >= 11 is 3.63. The molecule has 2 fully saturated rings. The average Bonchev–Trinajstić information content (AvgIpc) is 3.69. The number of hydrogen-bond acceptors (Lipinski definition) is 7. The number of benzene rings is 2. The summed E-state index contributed by atoms with van der Waals surface area (Å²) in [6.07, 6.45) is 5.84. The quantitative estimate of drug-likeness (QED) is 0.327. The zero-order valence-corrected chi connectivity index (χ0v) is 29.9. The van der Waals surface area contributed by atoms with Crippen LogP contribution in [0.3, 0.4) is 0 Å². The molecule has 4 aliphatic rings. The number of halogens is 1. The molecule has 2 saturated heterocycles. The molecule has 0 unspecified atom stereocenters. The number of nitrogens with one attached hydrogen (secondary N) is 1. The van der Waals surface area contributed by atoms with E-state index in [1.165, 1.54) is 4.90 Å². The van der Waals surface area contributed by atoms with Gasteiger partial charge in [-0.2, -0.15) is 0 Å². The minimum absolute atomic E-state index is 0.0917. The van der Waals surface area contributed by atoms with E-state index in [1.807, 2.05) is 88.4 Å². The third-order valence-corrected chi connectivity index (χ3v) is 11.2. The zero-order chi connectivity index (χ0) is 35.0. The molecule has 4 heterocycles. The van der Waals surface area contributed by atoms with E-state index in [2.05, 4.69) is 21.2 Å². The van der Waals surface area contributed by atoms with Gasteiger partial charge < -0.3 is 29.7 Å². The highest BCUT2D eigenvalue weighted by Crippen LogP contribution is 2.59. The Labute approximate surface area is 295 Å². The lowest BCUT2D eigenvalue weighted by molar-refractivity contribution is -0.147. The van der Waals surface area contributed by atoms with Gasteiger partial charge in [0, 0.05) is 23.1 Å². The summed E-state index contributed by atoms with van der Waals surface area (Å²) in [5.74, 6) is -3.82. The van der Waals surface area contributed by atoms with E-state index < -0.39 is 59.5 Å². The van der Waals surface area contributed by atoms with Crippen LogP contribution < -0.4 is 10.2 Å². The maximum Gasteiger partial charge on any atom is 0.306 e. The fourth-order valence-corrected chi connectivity index (χ4v) is 8.53. The van der Waals surface area contributed by atoms with Gasteiger partial charge in [0.05, 0.1) is 30.5 Å². The maximum absolute atomic E-state index is 15.3. The summed E-state index contributed by atoms with van der Waals surface area (Å²) in [7, 11) is 0. The molecule has 2 aromatic carbocycles. The Morgan fingerprint density at radius 2 is 1.82 bits per heavy atom. The van der Waals surface area contributed by atoms with Crippen molar-refractivity contribution in [2.24, 2.45) is 17.8 Å². The molecule has 10 nitrogen and oxygen atoms in total. The largest absolute Gasteiger partial charge is 0.463 e. The zero-order valence-electron chi connectivity index (χ0n) is 28.3. The monoisotopic (exact) mass is 733 g/mol. The number of anilines is 1. The first-order valence-corrected chi connectivity index (χ1v) is 17.8. The number of esters is 1. The minimum Gasteiger partial charge on any atom is -0.463 e. The second kappa shape index (κ2) is 14.2. The summed E-state index contributed by atoms with van der Waals surface area (Å²) in [6, 6.07) is 12.5. The number of cyclic esters (lactones) is 1. The van der Waals surface area contributed by atoms with Gasteiger partial charge in [-0.1, -0.05) is 90.8 Å². The first kappa shape index (κ1) is 35.0. The standard InChI is InChI=1S/C38H44BrN3O7/c1-5-23(3)29(20-43)42-34-37(47)41(28-18-22(2)15-16-24(28)4)17-11-7-10-14-30(44)48-21-27(25-12-8-6-9-13-25)40-35(45)31-32(36(42)46)38(34)19-26(39)33(31)49-38/h6-9,11-13,15-16,18-19,23,27,29,31-34,43H,5,10,14,17,20-21H2,1-4H3,(H,40,45)/b11-7-/t23-,27+,29-,31+,32-,33+,34+,38-/m0/s1. The van der Waals surface area contributed by atoms with Crippen LogP contribution in [-0.2, 0) is 28.7 Å². The van der Waals surface area contributed by atoms with Crippen molar-refractivity contribution < 1.29 is 33.8 Å². The fraction of sp³-hybridized carbons (Fsp3) is 0.474. The first-order chi connectivity index (χ1) is 23.5. The molecule has 11 heteroatoms. The van der Waals surface area contributed by atoms with Crippen LogP contribution in [0, 0.1) is 31.6 Å². The third-order valence-electron chi connectivity index (χ3n) is 10.6. The van der Waals surface area contributed by atoms with Crippen LogP contribution in [0.2, 0.25) is 0 Å². The predicted molar refractivity (Wildman–Crippen MR) is 187 cm³/mol.